The first-order valence-electron chi connectivity index (χ1n) is 11.9. The van der Waals surface area contributed by atoms with Crippen LogP contribution >= 0.6 is 0 Å². The molecule has 2 amide bonds. The summed E-state index contributed by atoms with van der Waals surface area (Å²) in [6.45, 7) is 3.70. The lowest BCUT2D eigenvalue weighted by Crippen LogP contribution is -2.53. The maximum Gasteiger partial charge on any atom is 0.244 e. The molecule has 1 saturated carbocycles. The van der Waals surface area contributed by atoms with Gasteiger partial charge in [-0.3, -0.25) is 13.9 Å². The largest absolute Gasteiger partial charge is 0.352 e. The number of nitrogens with one attached hydrogen (secondary N) is 1. The molecule has 0 unspecified atom stereocenters. The normalized spacial score (nSPS) is 15.0. The molecule has 0 aliphatic heterocycles. The summed E-state index contributed by atoms with van der Waals surface area (Å²) in [5, 5.41) is 3.11. The van der Waals surface area contributed by atoms with Gasteiger partial charge < -0.3 is 10.2 Å². The van der Waals surface area contributed by atoms with Crippen LogP contribution in [0.5, 0.6) is 0 Å². The van der Waals surface area contributed by atoms with E-state index in [1.807, 2.05) is 38.1 Å². The molecule has 1 N–H and O–H groups in total. The van der Waals surface area contributed by atoms with Gasteiger partial charge in [-0.1, -0.05) is 67.8 Å². The number of hydrogen-bond donors (Lipinski definition) is 1. The molecule has 2 aromatic rings. The van der Waals surface area contributed by atoms with Gasteiger partial charge in [0.05, 0.1) is 11.9 Å². The van der Waals surface area contributed by atoms with Gasteiger partial charge in [0.1, 0.15) is 12.6 Å². The third kappa shape index (κ3) is 6.82. The van der Waals surface area contributed by atoms with E-state index in [1.54, 1.807) is 30.3 Å². The monoisotopic (exact) mass is 485 g/mol. The van der Waals surface area contributed by atoms with E-state index in [0.717, 1.165) is 47.4 Å². The maximum absolute atomic E-state index is 13.6. The van der Waals surface area contributed by atoms with Crippen molar-refractivity contribution in [2.75, 3.05) is 17.1 Å². The minimum Gasteiger partial charge on any atom is -0.352 e. The minimum absolute atomic E-state index is 0.134. The zero-order valence-corrected chi connectivity index (χ0v) is 21.1. The summed E-state index contributed by atoms with van der Waals surface area (Å²) in [6, 6.07) is 15.8. The molecule has 0 bridgehead atoms. The Labute approximate surface area is 203 Å². The number of carbonyl (C=O) groups excluding carboxylic acids is 2. The second kappa shape index (κ2) is 11.5. The Morgan fingerprint density at radius 2 is 1.74 bits per heavy atom. The van der Waals surface area contributed by atoms with Crippen molar-refractivity contribution >= 4 is 27.5 Å². The molecule has 0 aromatic heterocycles. The highest BCUT2D eigenvalue weighted by Gasteiger charge is 2.32. The van der Waals surface area contributed by atoms with E-state index in [-0.39, 0.29) is 25.0 Å². The molecule has 34 heavy (non-hydrogen) atoms. The van der Waals surface area contributed by atoms with Gasteiger partial charge in [0.25, 0.3) is 0 Å². The average molecular weight is 486 g/mol. The summed E-state index contributed by atoms with van der Waals surface area (Å²) in [4.78, 5) is 28.4. The lowest BCUT2D eigenvalue weighted by molar-refractivity contribution is -0.140. The molecule has 0 saturated heterocycles. The summed E-state index contributed by atoms with van der Waals surface area (Å²) in [7, 11) is -3.71. The fraction of sp³-hybridized carbons (Fsp3) is 0.462. The van der Waals surface area contributed by atoms with E-state index < -0.39 is 22.0 Å². The highest BCUT2D eigenvalue weighted by Crippen LogP contribution is 2.21. The number of carbonyl (C=O) groups is 2. The average Bonchev–Trinajstić information content (AvgIpc) is 3.30. The summed E-state index contributed by atoms with van der Waals surface area (Å²) >= 11 is 0. The van der Waals surface area contributed by atoms with Crippen LogP contribution in [0.25, 0.3) is 0 Å². The number of anilines is 1. The zero-order valence-electron chi connectivity index (χ0n) is 20.2. The topological polar surface area (TPSA) is 86.8 Å². The molecule has 184 valence electrons. The Morgan fingerprint density at radius 1 is 1.06 bits per heavy atom. The summed E-state index contributed by atoms with van der Waals surface area (Å²) in [6.07, 6.45) is 5.60. The Kier molecular flexibility index (Phi) is 8.72. The molecule has 8 heteroatoms. The third-order valence-electron chi connectivity index (χ3n) is 6.25. The van der Waals surface area contributed by atoms with Crippen molar-refractivity contribution in [3.63, 3.8) is 0 Å². The molecular weight excluding hydrogens is 450 g/mol. The van der Waals surface area contributed by atoms with Gasteiger partial charge in [0.15, 0.2) is 0 Å². The van der Waals surface area contributed by atoms with Crippen molar-refractivity contribution in [3.8, 4) is 0 Å². The molecule has 0 heterocycles. The lowest BCUT2D eigenvalue weighted by Gasteiger charge is -2.33. The fourth-order valence-corrected chi connectivity index (χ4v) is 5.35. The molecule has 1 aliphatic carbocycles. The Hall–Kier alpha value is -2.87. The molecule has 1 aliphatic rings. The Bertz CT molecular complexity index is 1080. The van der Waals surface area contributed by atoms with Crippen molar-refractivity contribution in [2.24, 2.45) is 0 Å². The quantitative estimate of drug-likeness (QED) is 0.557. The summed E-state index contributed by atoms with van der Waals surface area (Å²) in [5.41, 5.74) is 2.36. The van der Waals surface area contributed by atoms with E-state index in [2.05, 4.69) is 5.32 Å². The minimum atomic E-state index is -3.71. The molecule has 0 radical (unpaired) electrons. The molecule has 3 rings (SSSR count). The number of amides is 2. The van der Waals surface area contributed by atoms with Crippen LogP contribution in [0.2, 0.25) is 0 Å². The number of rotatable bonds is 10. The highest BCUT2D eigenvalue weighted by atomic mass is 32.2. The second-order valence-electron chi connectivity index (χ2n) is 9.03. The predicted octanol–water partition coefficient (Wildman–Crippen LogP) is 3.63. The second-order valence-corrected chi connectivity index (χ2v) is 10.9. The van der Waals surface area contributed by atoms with E-state index in [1.165, 1.54) is 4.90 Å². The Balaban J connectivity index is 1.90. The van der Waals surface area contributed by atoms with Gasteiger partial charge in [-0.2, -0.15) is 0 Å². The summed E-state index contributed by atoms with van der Waals surface area (Å²) in [5.74, 6) is -0.592. The van der Waals surface area contributed by atoms with Crippen LogP contribution in [0.15, 0.2) is 54.6 Å². The van der Waals surface area contributed by atoms with Crippen molar-refractivity contribution in [3.05, 3.63) is 65.7 Å². The van der Waals surface area contributed by atoms with E-state index in [4.69, 9.17) is 0 Å². The maximum atomic E-state index is 13.6. The van der Waals surface area contributed by atoms with Crippen molar-refractivity contribution in [1.29, 1.82) is 0 Å². The van der Waals surface area contributed by atoms with Crippen LogP contribution in [0.1, 0.15) is 50.2 Å². The lowest BCUT2D eigenvalue weighted by atomic mass is 10.1. The predicted molar refractivity (Wildman–Crippen MR) is 135 cm³/mol. The first kappa shape index (κ1) is 25.7. The van der Waals surface area contributed by atoms with Gasteiger partial charge in [-0.15, -0.1) is 0 Å². The van der Waals surface area contributed by atoms with Crippen LogP contribution in [0.4, 0.5) is 5.69 Å². The SMILES string of the molecule is CC[C@H](C(=O)NC1CCCC1)N(Cc1cccc(C)c1)C(=O)CN(c1ccccc1)S(C)(=O)=O. The fourth-order valence-electron chi connectivity index (χ4n) is 4.50. The molecule has 0 spiro atoms. The molecule has 1 atom stereocenters. The zero-order chi connectivity index (χ0) is 24.7. The van der Waals surface area contributed by atoms with Gasteiger partial charge in [0, 0.05) is 12.6 Å². The van der Waals surface area contributed by atoms with Crippen molar-refractivity contribution in [2.45, 2.75) is 64.6 Å². The van der Waals surface area contributed by atoms with Crippen LogP contribution in [-0.4, -0.2) is 50.0 Å². The van der Waals surface area contributed by atoms with E-state index >= 15 is 0 Å². The first-order chi connectivity index (χ1) is 16.2. The van der Waals surface area contributed by atoms with E-state index in [0.29, 0.717) is 12.1 Å². The third-order valence-corrected chi connectivity index (χ3v) is 7.39. The van der Waals surface area contributed by atoms with Crippen LogP contribution in [-0.2, 0) is 26.2 Å². The number of hydrogen-bond acceptors (Lipinski definition) is 4. The molecular formula is C26H35N3O4S. The number of aryl methyl sites for hydroxylation is 1. The van der Waals surface area contributed by atoms with Crippen molar-refractivity contribution < 1.29 is 18.0 Å². The van der Waals surface area contributed by atoms with Gasteiger partial charge in [-0.25, -0.2) is 8.42 Å². The van der Waals surface area contributed by atoms with Gasteiger partial charge in [0.2, 0.25) is 21.8 Å². The van der Waals surface area contributed by atoms with Gasteiger partial charge >= 0.3 is 0 Å². The standard InChI is InChI=1S/C26H35N3O4S/c1-4-24(26(31)27-22-13-8-9-14-22)28(18-21-12-10-11-20(2)17-21)25(30)19-29(34(3,32)33)23-15-6-5-7-16-23/h5-7,10-12,15-17,22,24H,4,8-9,13-14,18-19H2,1-3H3,(H,27,31)/t24-/m1/s1. The number of sulfonamides is 1. The van der Waals surface area contributed by atoms with E-state index in [9.17, 15) is 18.0 Å². The number of benzene rings is 2. The molecule has 1 fully saturated rings. The molecule has 2 aromatic carbocycles. The Morgan fingerprint density at radius 3 is 2.32 bits per heavy atom. The number of para-hydroxylation sites is 1. The summed E-state index contributed by atoms with van der Waals surface area (Å²) < 4.78 is 26.2. The smallest absolute Gasteiger partial charge is 0.244 e. The number of nitrogens with zero attached hydrogens (tertiary/aromatic N) is 2. The highest BCUT2D eigenvalue weighted by molar-refractivity contribution is 7.92. The van der Waals surface area contributed by atoms with Crippen LogP contribution in [0, 0.1) is 6.92 Å². The molecule has 7 nitrogen and oxygen atoms in total. The van der Waals surface area contributed by atoms with Crippen LogP contribution < -0.4 is 9.62 Å². The first-order valence-corrected chi connectivity index (χ1v) is 13.7. The van der Waals surface area contributed by atoms with Crippen LogP contribution in [0.3, 0.4) is 0 Å². The van der Waals surface area contributed by atoms with Gasteiger partial charge in [-0.05, 0) is 43.9 Å². The van der Waals surface area contributed by atoms with Crippen molar-refractivity contribution in [1.82, 2.24) is 10.2 Å².